The summed E-state index contributed by atoms with van der Waals surface area (Å²) in [5.74, 6) is -0.150. The van der Waals surface area contributed by atoms with E-state index < -0.39 is 6.10 Å². The van der Waals surface area contributed by atoms with Gasteiger partial charge in [-0.1, -0.05) is 31.0 Å². The monoisotopic (exact) mass is 375 g/mol. The minimum absolute atomic E-state index is 0.303. The van der Waals surface area contributed by atoms with Gasteiger partial charge in [-0.15, -0.1) is 0 Å². The molecule has 0 bridgehead atoms. The van der Waals surface area contributed by atoms with Gasteiger partial charge in [0.15, 0.2) is 6.10 Å². The van der Waals surface area contributed by atoms with Crippen LogP contribution in [0.2, 0.25) is 5.02 Å². The lowest BCUT2D eigenvalue weighted by Gasteiger charge is -2.15. The summed E-state index contributed by atoms with van der Waals surface area (Å²) in [6.07, 6.45) is 1.10. The Kier molecular flexibility index (Phi) is 7.48. The third-order valence-corrected chi connectivity index (χ3v) is 3.83. The van der Waals surface area contributed by atoms with E-state index in [-0.39, 0.29) is 11.9 Å². The SMILES string of the molecule is CCCCOC(=O)c1ccc(NC(=O)[C@H](C)Oc2cccc(Cl)c2)cc1. The molecule has 6 heteroatoms. The fraction of sp³-hybridized carbons (Fsp3) is 0.300. The Morgan fingerprint density at radius 1 is 1.15 bits per heavy atom. The van der Waals surface area contributed by atoms with E-state index in [2.05, 4.69) is 5.32 Å². The Balaban J connectivity index is 1.89. The van der Waals surface area contributed by atoms with Crippen LogP contribution in [0.4, 0.5) is 5.69 Å². The lowest BCUT2D eigenvalue weighted by molar-refractivity contribution is -0.122. The Labute approximate surface area is 158 Å². The van der Waals surface area contributed by atoms with Crippen molar-refractivity contribution in [3.63, 3.8) is 0 Å². The molecule has 1 N–H and O–H groups in total. The molecule has 0 saturated carbocycles. The zero-order chi connectivity index (χ0) is 18.9. The van der Waals surface area contributed by atoms with Crippen LogP contribution >= 0.6 is 11.6 Å². The number of unbranched alkanes of at least 4 members (excludes halogenated alkanes) is 1. The number of halogens is 1. The molecule has 1 atom stereocenters. The number of amides is 1. The summed E-state index contributed by atoms with van der Waals surface area (Å²) in [5.41, 5.74) is 1.02. The molecule has 0 aliphatic rings. The molecule has 0 aliphatic heterocycles. The molecule has 0 aromatic heterocycles. The van der Waals surface area contributed by atoms with E-state index >= 15 is 0 Å². The topological polar surface area (TPSA) is 64.6 Å². The predicted octanol–water partition coefficient (Wildman–Crippen LogP) is 4.70. The zero-order valence-electron chi connectivity index (χ0n) is 14.8. The van der Waals surface area contributed by atoms with Gasteiger partial charge in [0.1, 0.15) is 5.75 Å². The van der Waals surface area contributed by atoms with E-state index in [0.717, 1.165) is 12.8 Å². The summed E-state index contributed by atoms with van der Waals surface area (Å²) >= 11 is 5.90. The van der Waals surface area contributed by atoms with Gasteiger partial charge in [0.05, 0.1) is 12.2 Å². The molecule has 2 aromatic rings. The van der Waals surface area contributed by atoms with Crippen LogP contribution < -0.4 is 10.1 Å². The lowest BCUT2D eigenvalue weighted by Crippen LogP contribution is -2.30. The van der Waals surface area contributed by atoms with Crippen LogP contribution in [-0.2, 0) is 9.53 Å². The molecule has 0 aliphatic carbocycles. The highest BCUT2D eigenvalue weighted by Crippen LogP contribution is 2.19. The van der Waals surface area contributed by atoms with E-state index in [1.54, 1.807) is 55.5 Å². The largest absolute Gasteiger partial charge is 0.481 e. The van der Waals surface area contributed by atoms with Crippen molar-refractivity contribution in [3.8, 4) is 5.75 Å². The van der Waals surface area contributed by atoms with E-state index in [4.69, 9.17) is 21.1 Å². The minimum atomic E-state index is -0.702. The third kappa shape index (κ3) is 6.08. The zero-order valence-corrected chi connectivity index (χ0v) is 15.6. The Hall–Kier alpha value is -2.53. The Bertz CT molecular complexity index is 746. The quantitative estimate of drug-likeness (QED) is 0.536. The van der Waals surface area contributed by atoms with Gasteiger partial charge in [-0.25, -0.2) is 4.79 Å². The number of ether oxygens (including phenoxy) is 2. The second kappa shape index (κ2) is 9.82. The van der Waals surface area contributed by atoms with Crippen LogP contribution in [-0.4, -0.2) is 24.6 Å². The van der Waals surface area contributed by atoms with Gasteiger partial charge in [-0.2, -0.15) is 0 Å². The van der Waals surface area contributed by atoms with Crippen molar-refractivity contribution in [2.45, 2.75) is 32.8 Å². The molecule has 2 rings (SSSR count). The number of hydrogen-bond acceptors (Lipinski definition) is 4. The smallest absolute Gasteiger partial charge is 0.338 e. The highest BCUT2D eigenvalue weighted by molar-refractivity contribution is 6.30. The summed E-state index contributed by atoms with van der Waals surface area (Å²) in [7, 11) is 0. The minimum Gasteiger partial charge on any atom is -0.481 e. The second-order valence-electron chi connectivity index (χ2n) is 5.77. The number of rotatable bonds is 8. The molecule has 5 nitrogen and oxygen atoms in total. The lowest BCUT2D eigenvalue weighted by atomic mass is 10.2. The fourth-order valence-electron chi connectivity index (χ4n) is 2.12. The molecular formula is C20H22ClNO4. The second-order valence-corrected chi connectivity index (χ2v) is 6.21. The maximum absolute atomic E-state index is 12.2. The van der Waals surface area contributed by atoms with Gasteiger partial charge in [0.25, 0.3) is 5.91 Å². The first-order valence-corrected chi connectivity index (χ1v) is 8.87. The standard InChI is InChI=1S/C20H22ClNO4/c1-3-4-12-25-20(24)15-8-10-17(11-9-15)22-19(23)14(2)26-18-7-5-6-16(21)13-18/h5-11,13-14H,3-4,12H2,1-2H3,(H,22,23)/t14-/m0/s1. The normalized spacial score (nSPS) is 11.5. The van der Waals surface area contributed by atoms with Crippen LogP contribution in [0.5, 0.6) is 5.75 Å². The van der Waals surface area contributed by atoms with Crippen molar-refractivity contribution < 1.29 is 19.1 Å². The first kappa shape index (κ1) is 19.8. The Morgan fingerprint density at radius 2 is 1.88 bits per heavy atom. The van der Waals surface area contributed by atoms with Gasteiger partial charge in [-0.3, -0.25) is 4.79 Å². The van der Waals surface area contributed by atoms with Gasteiger partial charge < -0.3 is 14.8 Å². The maximum atomic E-state index is 12.2. The van der Waals surface area contributed by atoms with Crippen LogP contribution in [0.1, 0.15) is 37.0 Å². The average Bonchev–Trinajstić information content (AvgIpc) is 2.62. The van der Waals surface area contributed by atoms with Crippen LogP contribution in [0.3, 0.4) is 0 Å². The summed E-state index contributed by atoms with van der Waals surface area (Å²) in [4.78, 5) is 24.1. The van der Waals surface area contributed by atoms with E-state index in [0.29, 0.717) is 28.6 Å². The van der Waals surface area contributed by atoms with Crippen molar-refractivity contribution in [2.75, 3.05) is 11.9 Å². The highest BCUT2D eigenvalue weighted by Gasteiger charge is 2.15. The molecule has 0 fully saturated rings. The van der Waals surface area contributed by atoms with E-state index in [1.807, 2.05) is 6.92 Å². The molecule has 0 radical (unpaired) electrons. The van der Waals surface area contributed by atoms with E-state index in [9.17, 15) is 9.59 Å². The van der Waals surface area contributed by atoms with Crippen molar-refractivity contribution in [1.29, 1.82) is 0 Å². The van der Waals surface area contributed by atoms with Crippen LogP contribution in [0.15, 0.2) is 48.5 Å². The molecule has 138 valence electrons. The molecular weight excluding hydrogens is 354 g/mol. The fourth-order valence-corrected chi connectivity index (χ4v) is 2.30. The summed E-state index contributed by atoms with van der Waals surface area (Å²) in [6.45, 7) is 4.09. The molecule has 26 heavy (non-hydrogen) atoms. The molecule has 0 spiro atoms. The number of anilines is 1. The van der Waals surface area contributed by atoms with Gasteiger partial charge >= 0.3 is 5.97 Å². The van der Waals surface area contributed by atoms with Crippen molar-refractivity contribution in [2.24, 2.45) is 0 Å². The molecule has 2 aromatic carbocycles. The highest BCUT2D eigenvalue weighted by atomic mass is 35.5. The average molecular weight is 376 g/mol. The van der Waals surface area contributed by atoms with Gasteiger partial charge in [0.2, 0.25) is 0 Å². The first-order chi connectivity index (χ1) is 12.5. The number of carbonyl (C=O) groups is 2. The van der Waals surface area contributed by atoms with Gasteiger partial charge in [0, 0.05) is 10.7 Å². The van der Waals surface area contributed by atoms with Crippen LogP contribution in [0.25, 0.3) is 0 Å². The third-order valence-electron chi connectivity index (χ3n) is 3.60. The number of esters is 1. The van der Waals surface area contributed by atoms with Crippen molar-refractivity contribution >= 4 is 29.2 Å². The van der Waals surface area contributed by atoms with E-state index in [1.165, 1.54) is 0 Å². The van der Waals surface area contributed by atoms with Crippen LogP contribution in [0, 0.1) is 0 Å². The maximum Gasteiger partial charge on any atom is 0.338 e. The summed E-state index contributed by atoms with van der Waals surface area (Å²) < 4.78 is 10.7. The molecule has 0 heterocycles. The summed E-state index contributed by atoms with van der Waals surface area (Å²) in [6, 6.07) is 13.4. The number of hydrogen-bond donors (Lipinski definition) is 1. The number of nitrogens with one attached hydrogen (secondary N) is 1. The first-order valence-electron chi connectivity index (χ1n) is 8.50. The van der Waals surface area contributed by atoms with Crippen molar-refractivity contribution in [1.82, 2.24) is 0 Å². The Morgan fingerprint density at radius 3 is 2.54 bits per heavy atom. The summed E-state index contributed by atoms with van der Waals surface area (Å²) in [5, 5.41) is 3.28. The number of benzene rings is 2. The predicted molar refractivity (Wildman–Crippen MR) is 102 cm³/mol. The molecule has 1 amide bonds. The van der Waals surface area contributed by atoms with Crippen molar-refractivity contribution in [3.05, 3.63) is 59.1 Å². The van der Waals surface area contributed by atoms with Gasteiger partial charge in [-0.05, 0) is 55.8 Å². The number of carbonyl (C=O) groups excluding carboxylic acids is 2. The molecule has 0 unspecified atom stereocenters. The molecule has 0 saturated heterocycles.